The number of hydrogen-bond acceptors (Lipinski definition) is 5. The zero-order valence-corrected chi connectivity index (χ0v) is 49.1. The molecule has 0 heterocycles. The Morgan fingerprint density at radius 2 is 0.644 bits per heavy atom. The normalized spacial score (nSPS) is 12.8. The molecule has 0 saturated carbocycles. The third kappa shape index (κ3) is 59.2. The van der Waals surface area contributed by atoms with Gasteiger partial charge in [-0.2, -0.15) is 0 Å². The van der Waals surface area contributed by atoms with Gasteiger partial charge in [0.2, 0.25) is 5.91 Å². The number of carbonyl (C=O) groups is 2. The maximum Gasteiger partial charge on any atom is 0.305 e. The molecule has 0 aliphatic heterocycles. The summed E-state index contributed by atoms with van der Waals surface area (Å²) in [7, 11) is 0. The van der Waals surface area contributed by atoms with Crippen molar-refractivity contribution in [2.75, 3.05) is 13.2 Å². The Kier molecular flexibility index (Phi) is 61.0. The zero-order valence-electron chi connectivity index (χ0n) is 49.1. The Hall–Kier alpha value is -1.92. The molecule has 0 rings (SSSR count). The fraction of sp³-hybridized carbons (Fsp3) is 0.881. The van der Waals surface area contributed by atoms with Crippen molar-refractivity contribution < 1.29 is 24.5 Å². The second kappa shape index (κ2) is 62.6. The summed E-state index contributed by atoms with van der Waals surface area (Å²) in [5.41, 5.74) is 0. The van der Waals surface area contributed by atoms with E-state index in [0.29, 0.717) is 19.4 Å². The first kappa shape index (κ1) is 71.1. The molecule has 0 bridgehead atoms. The monoisotopic (exact) mass is 1030 g/mol. The summed E-state index contributed by atoms with van der Waals surface area (Å²) in [6.45, 7) is 4.91. The molecule has 6 nitrogen and oxygen atoms in total. The highest BCUT2D eigenvalue weighted by atomic mass is 16.5. The number of unbranched alkanes of at least 4 members (excludes halogenated alkanes) is 46. The molecule has 0 aromatic heterocycles. The number of aliphatic hydroxyl groups is 2. The van der Waals surface area contributed by atoms with Gasteiger partial charge >= 0.3 is 5.97 Å². The number of ether oxygens (including phenoxy) is 1. The molecule has 0 saturated heterocycles. The Balaban J connectivity index is 3.47. The summed E-state index contributed by atoms with van der Waals surface area (Å²) < 4.78 is 5.47. The lowest BCUT2D eigenvalue weighted by Crippen LogP contribution is -2.45. The summed E-state index contributed by atoms with van der Waals surface area (Å²) in [4.78, 5) is 24.6. The first-order valence-electron chi connectivity index (χ1n) is 32.8. The average Bonchev–Trinajstić information content (AvgIpc) is 3.39. The van der Waals surface area contributed by atoms with E-state index in [1.165, 1.54) is 276 Å². The molecule has 0 aromatic carbocycles. The van der Waals surface area contributed by atoms with Gasteiger partial charge in [-0.25, -0.2) is 0 Å². The van der Waals surface area contributed by atoms with Gasteiger partial charge in [0.05, 0.1) is 25.4 Å². The Morgan fingerprint density at radius 3 is 0.973 bits per heavy atom. The van der Waals surface area contributed by atoms with Crippen LogP contribution in [-0.4, -0.2) is 47.4 Å². The van der Waals surface area contributed by atoms with Gasteiger partial charge in [0.15, 0.2) is 0 Å². The molecule has 0 radical (unpaired) electrons. The molecular formula is C67H127NO5. The third-order valence-electron chi connectivity index (χ3n) is 15.1. The lowest BCUT2D eigenvalue weighted by molar-refractivity contribution is -0.143. The molecule has 0 aliphatic rings. The predicted molar refractivity (Wildman–Crippen MR) is 319 cm³/mol. The van der Waals surface area contributed by atoms with Gasteiger partial charge in [0.25, 0.3) is 0 Å². The number of rotatable bonds is 61. The van der Waals surface area contributed by atoms with Crippen LogP contribution < -0.4 is 5.32 Å². The lowest BCUT2D eigenvalue weighted by Gasteiger charge is -2.20. The van der Waals surface area contributed by atoms with Crippen LogP contribution in [0.4, 0.5) is 0 Å². The molecule has 2 unspecified atom stereocenters. The summed E-state index contributed by atoms with van der Waals surface area (Å²) in [6.07, 6.45) is 79.1. The SMILES string of the molecule is CCCCCCC/C=C\CCCCCCCC(=O)OCCCCCCCCCCC/C=C\CCCCCCCCCC(=O)NC(CO)C(O)/C=C/CCCCCCCCCCCCCCCCCCCCCC. The van der Waals surface area contributed by atoms with Gasteiger partial charge in [0, 0.05) is 12.8 Å². The van der Waals surface area contributed by atoms with Crippen molar-refractivity contribution in [1.29, 1.82) is 0 Å². The van der Waals surface area contributed by atoms with Crippen molar-refractivity contribution in [3.05, 3.63) is 36.5 Å². The van der Waals surface area contributed by atoms with Crippen LogP contribution in [0.1, 0.15) is 354 Å². The van der Waals surface area contributed by atoms with Crippen LogP contribution >= 0.6 is 0 Å². The van der Waals surface area contributed by atoms with Crippen molar-refractivity contribution in [3.63, 3.8) is 0 Å². The van der Waals surface area contributed by atoms with E-state index < -0.39 is 12.1 Å². The summed E-state index contributed by atoms with van der Waals surface area (Å²) in [6, 6.07) is -0.636. The molecule has 0 aliphatic carbocycles. The van der Waals surface area contributed by atoms with Crippen LogP contribution in [0, 0.1) is 0 Å². The van der Waals surface area contributed by atoms with Crippen molar-refractivity contribution >= 4 is 11.9 Å². The number of carbonyl (C=O) groups excluding carboxylic acids is 2. The minimum absolute atomic E-state index is 0.00268. The van der Waals surface area contributed by atoms with Gasteiger partial charge in [-0.15, -0.1) is 0 Å². The summed E-state index contributed by atoms with van der Waals surface area (Å²) >= 11 is 0. The second-order valence-electron chi connectivity index (χ2n) is 22.4. The van der Waals surface area contributed by atoms with E-state index in [1.807, 2.05) is 6.08 Å². The van der Waals surface area contributed by atoms with Gasteiger partial charge in [-0.05, 0) is 83.5 Å². The highest BCUT2D eigenvalue weighted by Gasteiger charge is 2.18. The first-order valence-corrected chi connectivity index (χ1v) is 32.8. The molecule has 73 heavy (non-hydrogen) atoms. The fourth-order valence-corrected chi connectivity index (χ4v) is 10.1. The minimum Gasteiger partial charge on any atom is -0.466 e. The van der Waals surface area contributed by atoms with Crippen molar-refractivity contribution in [2.45, 2.75) is 366 Å². The number of allylic oxidation sites excluding steroid dienone is 5. The highest BCUT2D eigenvalue weighted by Crippen LogP contribution is 2.17. The molecule has 0 fully saturated rings. The molecule has 1 amide bonds. The van der Waals surface area contributed by atoms with Crippen molar-refractivity contribution in [2.24, 2.45) is 0 Å². The van der Waals surface area contributed by atoms with Crippen LogP contribution in [0.2, 0.25) is 0 Å². The van der Waals surface area contributed by atoms with Crippen LogP contribution in [0.5, 0.6) is 0 Å². The Morgan fingerprint density at radius 1 is 0.370 bits per heavy atom. The van der Waals surface area contributed by atoms with Crippen LogP contribution in [0.15, 0.2) is 36.5 Å². The second-order valence-corrected chi connectivity index (χ2v) is 22.4. The van der Waals surface area contributed by atoms with E-state index in [1.54, 1.807) is 6.08 Å². The smallest absolute Gasteiger partial charge is 0.305 e. The topological polar surface area (TPSA) is 95.9 Å². The van der Waals surface area contributed by atoms with E-state index in [2.05, 4.69) is 43.5 Å². The zero-order chi connectivity index (χ0) is 52.9. The first-order chi connectivity index (χ1) is 36.0. The van der Waals surface area contributed by atoms with Crippen LogP contribution in [-0.2, 0) is 14.3 Å². The van der Waals surface area contributed by atoms with E-state index >= 15 is 0 Å². The van der Waals surface area contributed by atoms with Crippen molar-refractivity contribution in [1.82, 2.24) is 5.32 Å². The molecule has 3 N–H and O–H groups in total. The number of esters is 1. The van der Waals surface area contributed by atoms with E-state index in [9.17, 15) is 19.8 Å². The molecule has 430 valence electrons. The van der Waals surface area contributed by atoms with Gasteiger partial charge in [-0.1, -0.05) is 294 Å². The average molecular weight is 1030 g/mol. The van der Waals surface area contributed by atoms with E-state index in [0.717, 1.165) is 51.4 Å². The molecular weight excluding hydrogens is 899 g/mol. The lowest BCUT2D eigenvalue weighted by atomic mass is 10.0. The highest BCUT2D eigenvalue weighted by molar-refractivity contribution is 5.76. The van der Waals surface area contributed by atoms with Gasteiger partial charge < -0.3 is 20.3 Å². The fourth-order valence-electron chi connectivity index (χ4n) is 10.1. The van der Waals surface area contributed by atoms with Gasteiger partial charge in [-0.3, -0.25) is 9.59 Å². The van der Waals surface area contributed by atoms with Crippen LogP contribution in [0.25, 0.3) is 0 Å². The van der Waals surface area contributed by atoms with E-state index in [4.69, 9.17) is 4.74 Å². The Bertz CT molecular complexity index is 1180. The minimum atomic E-state index is -0.852. The quantitative estimate of drug-likeness (QED) is 0.0320. The predicted octanol–water partition coefficient (Wildman–Crippen LogP) is 20.8. The molecule has 0 aromatic rings. The van der Waals surface area contributed by atoms with Crippen molar-refractivity contribution in [3.8, 4) is 0 Å². The largest absolute Gasteiger partial charge is 0.466 e. The molecule has 0 spiro atoms. The van der Waals surface area contributed by atoms with E-state index in [-0.39, 0.29) is 18.5 Å². The standard InChI is InChI=1S/C67H127NO5/c1-3-5-7-9-11-13-15-17-19-20-21-22-23-26-29-32-35-39-43-47-51-55-59-65(70)64(63-69)68-66(71)60-56-52-48-44-40-36-33-30-27-24-25-28-31-34-38-42-46-50-54-58-62-73-67(72)61-57-53-49-45-41-37-18-16-14-12-10-8-6-4-2/h16,18,24,27,55,59,64-65,69-70H,3-15,17,19-23,25-26,28-54,56-58,60-63H2,1-2H3,(H,68,71)/b18-16-,27-24-,59-55+. The number of nitrogens with one attached hydrogen (secondary N) is 1. The Labute approximate surface area is 455 Å². The summed E-state index contributed by atoms with van der Waals surface area (Å²) in [5, 5.41) is 23.2. The number of amides is 1. The molecule has 6 heteroatoms. The summed E-state index contributed by atoms with van der Waals surface area (Å²) in [5.74, 6) is -0.0765. The van der Waals surface area contributed by atoms with Crippen LogP contribution in [0.3, 0.4) is 0 Å². The third-order valence-corrected chi connectivity index (χ3v) is 15.1. The maximum atomic E-state index is 12.5. The number of aliphatic hydroxyl groups excluding tert-OH is 2. The number of hydrogen-bond donors (Lipinski definition) is 3. The van der Waals surface area contributed by atoms with Gasteiger partial charge in [0.1, 0.15) is 0 Å². The maximum absolute atomic E-state index is 12.5. The molecule has 2 atom stereocenters.